The number of hydrogen-bond acceptors (Lipinski definition) is 13. The van der Waals surface area contributed by atoms with Gasteiger partial charge in [-0.1, -0.05) is 0 Å². The molecule has 2 aliphatic rings. The Labute approximate surface area is 202 Å². The number of aliphatic hydroxyl groups excluding tert-OH is 7. The lowest BCUT2D eigenvalue weighted by Gasteiger charge is -2.45. The van der Waals surface area contributed by atoms with Crippen molar-refractivity contribution < 1.29 is 64.3 Å². The second kappa shape index (κ2) is 14.4. The summed E-state index contributed by atoms with van der Waals surface area (Å²) in [5.74, 6) is -0.181. The van der Waals surface area contributed by atoms with Crippen LogP contribution < -0.4 is 5.32 Å². The number of ether oxygens (including phenoxy) is 4. The third kappa shape index (κ3) is 8.36. The van der Waals surface area contributed by atoms with E-state index in [4.69, 9.17) is 18.9 Å². The third-order valence-electron chi connectivity index (χ3n) is 5.85. The van der Waals surface area contributed by atoms with Gasteiger partial charge in [-0.25, -0.2) is 0 Å². The molecule has 0 aliphatic carbocycles. The van der Waals surface area contributed by atoms with Gasteiger partial charge < -0.3 is 64.8 Å². The smallest absolute Gasteiger partial charge is 0.220 e. The van der Waals surface area contributed by atoms with Gasteiger partial charge in [-0.05, 0) is 19.8 Å². The normalized spacial score (nSPS) is 37.7. The van der Waals surface area contributed by atoms with Crippen LogP contribution in [0.15, 0.2) is 0 Å². The van der Waals surface area contributed by atoms with Crippen molar-refractivity contribution in [3.63, 3.8) is 0 Å². The van der Waals surface area contributed by atoms with E-state index in [9.17, 15) is 45.3 Å². The Balaban J connectivity index is 1.88. The number of ketones is 1. The summed E-state index contributed by atoms with van der Waals surface area (Å²) in [5, 5.41) is 72.5. The van der Waals surface area contributed by atoms with Gasteiger partial charge in [0.05, 0.1) is 19.8 Å². The van der Waals surface area contributed by atoms with Crippen LogP contribution in [-0.2, 0) is 28.5 Å². The molecule has 14 heteroatoms. The number of rotatable bonds is 13. The fourth-order valence-corrected chi connectivity index (χ4v) is 3.80. The van der Waals surface area contributed by atoms with Crippen molar-refractivity contribution >= 4 is 11.7 Å². The Morgan fingerprint density at radius 1 is 0.800 bits per heavy atom. The lowest BCUT2D eigenvalue weighted by molar-refractivity contribution is -0.360. The van der Waals surface area contributed by atoms with E-state index >= 15 is 0 Å². The molecule has 2 heterocycles. The third-order valence-corrected chi connectivity index (χ3v) is 5.85. The molecule has 0 saturated carbocycles. The molecular formula is C21H37NO13. The lowest BCUT2D eigenvalue weighted by Crippen LogP contribution is -2.64. The molecule has 2 aliphatic heterocycles. The van der Waals surface area contributed by atoms with Crippen LogP contribution in [0, 0.1) is 0 Å². The number of unbranched alkanes of at least 4 members (excludes halogenated alkanes) is 1. The maximum absolute atomic E-state index is 11.8. The van der Waals surface area contributed by atoms with E-state index in [2.05, 4.69) is 5.32 Å². The standard InChI is InChI=1S/C21H37NO13/c1-10(25)4-2-3-5-13(26)22-6-7-32-20-18(31)19(15(28)12(9-24)33-20)35-21-17(30)16(29)14(27)11(8-23)34-21/h11-12,14-21,23-24,27-31H,2-9H2,1H3,(H,22,26)/t11-,12-,14-,15-,16+,17+,18+,19+,20+,21-/m1/s1. The molecule has 0 bridgehead atoms. The molecule has 204 valence electrons. The first-order chi connectivity index (χ1) is 16.6. The number of carbonyl (C=O) groups is 2. The van der Waals surface area contributed by atoms with E-state index in [1.54, 1.807) is 0 Å². The van der Waals surface area contributed by atoms with Gasteiger partial charge in [0.25, 0.3) is 0 Å². The van der Waals surface area contributed by atoms with Crippen LogP contribution in [0.2, 0.25) is 0 Å². The molecule has 35 heavy (non-hydrogen) atoms. The molecule has 10 atom stereocenters. The highest BCUT2D eigenvalue weighted by Crippen LogP contribution is 2.29. The summed E-state index contributed by atoms with van der Waals surface area (Å²) >= 11 is 0. The second-order valence-electron chi connectivity index (χ2n) is 8.63. The lowest BCUT2D eigenvalue weighted by atomic mass is 9.97. The van der Waals surface area contributed by atoms with Crippen LogP contribution in [-0.4, -0.2) is 135 Å². The topological polar surface area (TPSA) is 225 Å². The summed E-state index contributed by atoms with van der Waals surface area (Å²) in [6.07, 6.45) is -13.6. The van der Waals surface area contributed by atoms with Crippen molar-refractivity contribution in [2.75, 3.05) is 26.4 Å². The maximum atomic E-state index is 11.8. The minimum atomic E-state index is -1.77. The molecule has 2 fully saturated rings. The molecule has 1 amide bonds. The van der Waals surface area contributed by atoms with Crippen molar-refractivity contribution in [1.82, 2.24) is 5.32 Å². The first-order valence-electron chi connectivity index (χ1n) is 11.6. The summed E-state index contributed by atoms with van der Waals surface area (Å²) in [6.45, 7) is 0.0973. The zero-order valence-corrected chi connectivity index (χ0v) is 19.5. The zero-order valence-electron chi connectivity index (χ0n) is 19.5. The van der Waals surface area contributed by atoms with Gasteiger partial charge in [-0.3, -0.25) is 4.79 Å². The highest BCUT2D eigenvalue weighted by Gasteiger charge is 2.50. The highest BCUT2D eigenvalue weighted by atomic mass is 16.7. The zero-order chi connectivity index (χ0) is 26.1. The summed E-state index contributed by atoms with van der Waals surface area (Å²) in [5.41, 5.74) is 0. The van der Waals surface area contributed by atoms with Crippen LogP contribution in [0.25, 0.3) is 0 Å². The van der Waals surface area contributed by atoms with Crippen molar-refractivity contribution in [2.45, 2.75) is 94.0 Å². The van der Waals surface area contributed by atoms with E-state index in [1.165, 1.54) is 6.92 Å². The Morgan fingerprint density at radius 2 is 1.40 bits per heavy atom. The number of Topliss-reactive ketones (excluding diaryl/α,β-unsaturated/α-hetero) is 1. The van der Waals surface area contributed by atoms with E-state index in [1.807, 2.05) is 0 Å². The van der Waals surface area contributed by atoms with Crippen LogP contribution >= 0.6 is 0 Å². The molecule has 14 nitrogen and oxygen atoms in total. The average Bonchev–Trinajstić information content (AvgIpc) is 2.83. The quantitative estimate of drug-likeness (QED) is 0.110. The van der Waals surface area contributed by atoms with Gasteiger partial charge in [0.2, 0.25) is 5.91 Å². The van der Waals surface area contributed by atoms with Gasteiger partial charge in [0.15, 0.2) is 12.6 Å². The fourth-order valence-electron chi connectivity index (χ4n) is 3.80. The van der Waals surface area contributed by atoms with Crippen LogP contribution in [0.5, 0.6) is 0 Å². The van der Waals surface area contributed by atoms with Crippen LogP contribution in [0.1, 0.15) is 32.6 Å². The molecule has 0 aromatic heterocycles. The van der Waals surface area contributed by atoms with E-state index in [-0.39, 0.29) is 31.3 Å². The number of amides is 1. The molecule has 2 saturated heterocycles. The molecule has 0 spiro atoms. The first kappa shape index (κ1) is 29.9. The molecule has 0 unspecified atom stereocenters. The van der Waals surface area contributed by atoms with Crippen LogP contribution in [0.3, 0.4) is 0 Å². The SMILES string of the molecule is CC(=O)CCCCC(=O)NCCO[C@H]1O[C@H](CO)[C@@H](O)[C@H](O[C@H]2O[C@H](CO)[C@@H](O)[C@H](O)[C@@H]2O)[C@@H]1O. The summed E-state index contributed by atoms with van der Waals surface area (Å²) < 4.78 is 21.5. The number of aliphatic hydroxyl groups is 7. The Hall–Kier alpha value is -1.30. The molecule has 0 aromatic carbocycles. The Morgan fingerprint density at radius 3 is 2.03 bits per heavy atom. The van der Waals surface area contributed by atoms with Crippen molar-refractivity contribution in [1.29, 1.82) is 0 Å². The minimum absolute atomic E-state index is 0.0602. The van der Waals surface area contributed by atoms with Crippen molar-refractivity contribution in [2.24, 2.45) is 0 Å². The average molecular weight is 512 g/mol. The van der Waals surface area contributed by atoms with E-state index in [0.29, 0.717) is 19.3 Å². The minimum Gasteiger partial charge on any atom is -0.394 e. The van der Waals surface area contributed by atoms with Gasteiger partial charge in [0, 0.05) is 19.4 Å². The van der Waals surface area contributed by atoms with E-state index in [0.717, 1.165) is 0 Å². The number of carbonyl (C=O) groups excluding carboxylic acids is 2. The fraction of sp³-hybridized carbons (Fsp3) is 0.905. The predicted molar refractivity (Wildman–Crippen MR) is 115 cm³/mol. The van der Waals surface area contributed by atoms with Crippen molar-refractivity contribution in [3.05, 3.63) is 0 Å². The maximum Gasteiger partial charge on any atom is 0.220 e. The summed E-state index contributed by atoms with van der Waals surface area (Å²) in [6, 6.07) is 0. The number of nitrogens with one attached hydrogen (secondary N) is 1. The molecule has 2 rings (SSSR count). The Bertz CT molecular complexity index is 665. The van der Waals surface area contributed by atoms with Crippen LogP contribution in [0.4, 0.5) is 0 Å². The van der Waals surface area contributed by atoms with Gasteiger partial charge in [-0.15, -0.1) is 0 Å². The predicted octanol–water partition coefficient (Wildman–Crippen LogP) is -4.11. The molecule has 8 N–H and O–H groups in total. The summed E-state index contributed by atoms with van der Waals surface area (Å²) in [4.78, 5) is 22.7. The molecule has 0 aromatic rings. The number of hydrogen-bond donors (Lipinski definition) is 8. The highest BCUT2D eigenvalue weighted by molar-refractivity contribution is 5.76. The first-order valence-corrected chi connectivity index (χ1v) is 11.6. The van der Waals surface area contributed by atoms with Gasteiger partial charge in [0.1, 0.15) is 54.6 Å². The molecule has 0 radical (unpaired) electrons. The van der Waals surface area contributed by atoms with Gasteiger partial charge in [-0.2, -0.15) is 0 Å². The monoisotopic (exact) mass is 511 g/mol. The van der Waals surface area contributed by atoms with Gasteiger partial charge >= 0.3 is 0 Å². The second-order valence-corrected chi connectivity index (χ2v) is 8.63. The Kier molecular flexibility index (Phi) is 12.3. The largest absolute Gasteiger partial charge is 0.394 e. The molecular weight excluding hydrogens is 474 g/mol. The summed E-state index contributed by atoms with van der Waals surface area (Å²) in [7, 11) is 0. The van der Waals surface area contributed by atoms with E-state index < -0.39 is 74.6 Å². The van der Waals surface area contributed by atoms with Crippen molar-refractivity contribution in [3.8, 4) is 0 Å².